The molecular formula is C17H19F3. The quantitative estimate of drug-likeness (QED) is 0.604. The monoisotopic (exact) mass is 280 g/mol. The summed E-state index contributed by atoms with van der Waals surface area (Å²) in [6.07, 6.45) is 1.12. The predicted molar refractivity (Wildman–Crippen MR) is 78.2 cm³/mol. The van der Waals surface area contributed by atoms with Crippen LogP contribution in [-0.4, -0.2) is 0 Å². The normalized spacial score (nSPS) is 13.2. The summed E-state index contributed by atoms with van der Waals surface area (Å²) in [5, 5.41) is 0. The molecule has 0 aliphatic rings. The molecule has 0 heterocycles. The van der Waals surface area contributed by atoms with Gasteiger partial charge in [-0.05, 0) is 36.1 Å². The van der Waals surface area contributed by atoms with E-state index in [9.17, 15) is 13.2 Å². The third kappa shape index (κ3) is 4.41. The smallest absolute Gasteiger partial charge is 0.166 e. The van der Waals surface area contributed by atoms with Gasteiger partial charge in [-0.1, -0.05) is 56.4 Å². The van der Waals surface area contributed by atoms with Crippen LogP contribution in [0.2, 0.25) is 0 Å². The van der Waals surface area contributed by atoms with Gasteiger partial charge in [0.15, 0.2) is 0 Å². The van der Waals surface area contributed by atoms with Crippen molar-refractivity contribution >= 4 is 5.57 Å². The lowest BCUT2D eigenvalue weighted by Gasteiger charge is -2.10. The topological polar surface area (TPSA) is 0 Å². The van der Waals surface area contributed by atoms with Crippen molar-refractivity contribution in [2.45, 2.75) is 26.9 Å². The first-order valence-corrected chi connectivity index (χ1v) is 6.46. The highest BCUT2D eigenvalue weighted by atomic mass is 19.4. The highest BCUT2D eigenvalue weighted by molar-refractivity contribution is 5.74. The predicted octanol–water partition coefficient (Wildman–Crippen LogP) is 5.88. The van der Waals surface area contributed by atoms with Gasteiger partial charge in [-0.3, -0.25) is 0 Å². The second-order valence-electron chi connectivity index (χ2n) is 4.89. The Kier molecular flexibility index (Phi) is 5.37. The van der Waals surface area contributed by atoms with Crippen molar-refractivity contribution in [2.75, 3.05) is 0 Å². The van der Waals surface area contributed by atoms with Gasteiger partial charge in [0, 0.05) is 0 Å². The van der Waals surface area contributed by atoms with Crippen LogP contribution in [0.15, 0.2) is 54.6 Å². The Morgan fingerprint density at radius 3 is 2.35 bits per heavy atom. The van der Waals surface area contributed by atoms with Crippen LogP contribution in [0.3, 0.4) is 0 Å². The summed E-state index contributed by atoms with van der Waals surface area (Å²) in [6, 6.07) is 5.34. The van der Waals surface area contributed by atoms with Crippen LogP contribution in [0, 0.1) is 5.92 Å². The first kappa shape index (κ1) is 16.3. The van der Waals surface area contributed by atoms with E-state index < -0.39 is 11.7 Å². The molecule has 0 amide bonds. The third-order valence-electron chi connectivity index (χ3n) is 3.05. The number of benzene rings is 1. The van der Waals surface area contributed by atoms with E-state index in [-0.39, 0.29) is 0 Å². The van der Waals surface area contributed by atoms with Crippen LogP contribution in [-0.2, 0) is 6.18 Å². The van der Waals surface area contributed by atoms with Gasteiger partial charge in [0.2, 0.25) is 0 Å². The molecule has 1 aromatic carbocycles. The van der Waals surface area contributed by atoms with E-state index >= 15 is 0 Å². The minimum Gasteiger partial charge on any atom is -0.166 e. The van der Waals surface area contributed by atoms with Gasteiger partial charge in [-0.2, -0.15) is 13.2 Å². The Labute approximate surface area is 118 Å². The van der Waals surface area contributed by atoms with Crippen molar-refractivity contribution in [3.05, 3.63) is 65.8 Å². The summed E-state index contributed by atoms with van der Waals surface area (Å²) in [4.78, 5) is 0. The van der Waals surface area contributed by atoms with E-state index in [1.54, 1.807) is 25.1 Å². The van der Waals surface area contributed by atoms with Crippen LogP contribution in [0.4, 0.5) is 13.2 Å². The summed E-state index contributed by atoms with van der Waals surface area (Å²) < 4.78 is 38.1. The molecule has 0 saturated heterocycles. The average Bonchev–Trinajstić information content (AvgIpc) is 2.38. The van der Waals surface area contributed by atoms with E-state index in [1.807, 2.05) is 19.9 Å². The van der Waals surface area contributed by atoms with Crippen LogP contribution in [0.5, 0.6) is 0 Å². The lowest BCUT2D eigenvalue weighted by molar-refractivity contribution is -0.137. The molecule has 108 valence electrons. The molecule has 0 aliphatic heterocycles. The molecule has 0 fully saturated rings. The standard InChI is InChI=1S/C17H19F3/c1-5-14(10-9-13(4)12(2)3)15-7-6-8-16(11-15)17(18,19)20/h5-12H,4H2,1-3H3/b10-9-,14-5+. The molecule has 1 rings (SSSR count). The maximum atomic E-state index is 12.7. The summed E-state index contributed by atoms with van der Waals surface area (Å²) >= 11 is 0. The van der Waals surface area contributed by atoms with Crippen LogP contribution < -0.4 is 0 Å². The Balaban J connectivity index is 3.06. The van der Waals surface area contributed by atoms with E-state index in [1.165, 1.54) is 6.07 Å². The number of halogens is 3. The molecule has 0 nitrogen and oxygen atoms in total. The zero-order valence-corrected chi connectivity index (χ0v) is 12.0. The van der Waals surface area contributed by atoms with Crippen LogP contribution >= 0.6 is 0 Å². The van der Waals surface area contributed by atoms with Gasteiger partial charge in [0.1, 0.15) is 0 Å². The lowest BCUT2D eigenvalue weighted by atomic mass is 9.99. The number of rotatable bonds is 4. The minimum atomic E-state index is -4.32. The molecule has 0 bridgehead atoms. The largest absolute Gasteiger partial charge is 0.416 e. The minimum absolute atomic E-state index is 0.311. The van der Waals surface area contributed by atoms with Gasteiger partial charge in [0.05, 0.1) is 5.56 Å². The molecule has 0 aromatic heterocycles. The molecular weight excluding hydrogens is 261 g/mol. The van der Waals surface area contributed by atoms with E-state index in [0.717, 1.165) is 23.3 Å². The molecule has 20 heavy (non-hydrogen) atoms. The number of hydrogen-bond acceptors (Lipinski definition) is 0. The van der Waals surface area contributed by atoms with E-state index in [4.69, 9.17) is 0 Å². The van der Waals surface area contributed by atoms with Gasteiger partial charge < -0.3 is 0 Å². The Hall–Kier alpha value is -1.77. The SMILES string of the molecule is C=C(/C=C\C(=C/C)c1cccc(C(F)(F)F)c1)C(C)C. The van der Waals surface area contributed by atoms with Crippen molar-refractivity contribution in [1.82, 2.24) is 0 Å². The fourth-order valence-electron chi connectivity index (χ4n) is 1.62. The Morgan fingerprint density at radius 2 is 1.85 bits per heavy atom. The fourth-order valence-corrected chi connectivity index (χ4v) is 1.62. The molecule has 0 saturated carbocycles. The van der Waals surface area contributed by atoms with Crippen molar-refractivity contribution in [1.29, 1.82) is 0 Å². The first-order valence-electron chi connectivity index (χ1n) is 6.46. The molecule has 0 aliphatic carbocycles. The van der Waals surface area contributed by atoms with Crippen molar-refractivity contribution in [3.8, 4) is 0 Å². The third-order valence-corrected chi connectivity index (χ3v) is 3.05. The second kappa shape index (κ2) is 6.60. The summed E-state index contributed by atoms with van der Waals surface area (Å²) in [5.41, 5.74) is 1.61. The molecule has 0 spiro atoms. The van der Waals surface area contributed by atoms with Gasteiger partial charge in [-0.25, -0.2) is 0 Å². The molecule has 0 atom stereocenters. The summed E-state index contributed by atoms with van der Waals surface area (Å²) in [6.45, 7) is 9.76. The number of alkyl halides is 3. The average molecular weight is 280 g/mol. The Morgan fingerprint density at radius 1 is 1.20 bits per heavy atom. The van der Waals surface area contributed by atoms with Crippen LogP contribution in [0.25, 0.3) is 5.57 Å². The maximum absolute atomic E-state index is 12.7. The van der Waals surface area contributed by atoms with Gasteiger partial charge in [0.25, 0.3) is 0 Å². The first-order chi connectivity index (χ1) is 9.25. The highest BCUT2D eigenvalue weighted by Gasteiger charge is 2.30. The summed E-state index contributed by atoms with van der Waals surface area (Å²) in [7, 11) is 0. The van der Waals surface area contributed by atoms with Crippen molar-refractivity contribution in [2.24, 2.45) is 5.92 Å². The zero-order chi connectivity index (χ0) is 15.3. The zero-order valence-electron chi connectivity index (χ0n) is 12.0. The molecule has 0 unspecified atom stereocenters. The molecule has 0 N–H and O–H groups in total. The molecule has 0 radical (unpaired) electrons. The number of hydrogen-bond donors (Lipinski definition) is 0. The number of allylic oxidation sites excluding steroid dienone is 5. The van der Waals surface area contributed by atoms with E-state index in [0.29, 0.717) is 11.5 Å². The second-order valence-corrected chi connectivity index (χ2v) is 4.89. The van der Waals surface area contributed by atoms with E-state index in [2.05, 4.69) is 6.58 Å². The summed E-state index contributed by atoms with van der Waals surface area (Å²) in [5.74, 6) is 0.311. The fraction of sp³-hybridized carbons (Fsp3) is 0.294. The van der Waals surface area contributed by atoms with Gasteiger partial charge >= 0.3 is 6.18 Å². The van der Waals surface area contributed by atoms with Gasteiger partial charge in [-0.15, -0.1) is 0 Å². The molecule has 1 aromatic rings. The lowest BCUT2D eigenvalue weighted by Crippen LogP contribution is -2.04. The highest BCUT2D eigenvalue weighted by Crippen LogP contribution is 2.31. The van der Waals surface area contributed by atoms with Crippen molar-refractivity contribution < 1.29 is 13.2 Å². The van der Waals surface area contributed by atoms with Crippen LogP contribution in [0.1, 0.15) is 31.9 Å². The molecule has 3 heteroatoms. The maximum Gasteiger partial charge on any atom is 0.416 e. The Bertz CT molecular complexity index is 531. The van der Waals surface area contributed by atoms with Crippen molar-refractivity contribution in [3.63, 3.8) is 0 Å².